The predicted molar refractivity (Wildman–Crippen MR) is 111 cm³/mol. The van der Waals surface area contributed by atoms with Crippen LogP contribution in [-0.4, -0.2) is 9.97 Å². The zero-order valence-corrected chi connectivity index (χ0v) is 17.3. The first-order chi connectivity index (χ1) is 12.2. The van der Waals surface area contributed by atoms with E-state index in [0.717, 1.165) is 35.0 Å². The molecule has 0 radical (unpaired) electrons. The number of aromatic nitrogens is 2. The fourth-order valence-corrected chi connectivity index (χ4v) is 5.30. The van der Waals surface area contributed by atoms with Crippen LogP contribution in [0.5, 0.6) is 0 Å². The van der Waals surface area contributed by atoms with E-state index in [4.69, 9.17) is 28.2 Å². The van der Waals surface area contributed by atoms with Crippen molar-refractivity contribution in [3.8, 4) is 11.4 Å². The molecule has 2 aromatic heterocycles. The minimum absolute atomic E-state index is 0.0669. The van der Waals surface area contributed by atoms with E-state index < -0.39 is 0 Å². The summed E-state index contributed by atoms with van der Waals surface area (Å²) in [5.74, 6) is 1.17. The number of benzene rings is 1. The Labute approximate surface area is 166 Å². The maximum Gasteiger partial charge on any atom is 0.260 e. The summed E-state index contributed by atoms with van der Waals surface area (Å²) in [6.45, 7) is 6.89. The highest BCUT2D eigenvalue weighted by molar-refractivity contribution is 7.18. The Bertz CT molecular complexity index is 1060. The predicted octanol–water partition coefficient (Wildman–Crippen LogP) is 6.11. The van der Waals surface area contributed by atoms with Gasteiger partial charge >= 0.3 is 0 Å². The second kappa shape index (κ2) is 6.36. The number of thiophene rings is 1. The molecule has 2 heterocycles. The van der Waals surface area contributed by atoms with E-state index in [1.54, 1.807) is 23.5 Å². The van der Waals surface area contributed by atoms with Crippen molar-refractivity contribution in [3.05, 3.63) is 49.0 Å². The molecule has 0 saturated carbocycles. The lowest BCUT2D eigenvalue weighted by molar-refractivity contribution is 0.218. The summed E-state index contributed by atoms with van der Waals surface area (Å²) in [6.07, 6.45) is 3.10. The molecule has 1 N–H and O–H groups in total. The standard InChI is InChI=1S/C20H20Cl2N2OS/c1-20(2,3)11-5-6-12-15(9-11)26-19-16(12)18(25)23-17(24-19)10-4-7-13(21)14(22)8-10/h4,7-8,11H,5-6,9H2,1-3H3,(H,23,24,25). The van der Waals surface area contributed by atoms with E-state index in [2.05, 4.69) is 25.8 Å². The van der Waals surface area contributed by atoms with E-state index in [0.29, 0.717) is 21.8 Å². The Kier molecular flexibility index (Phi) is 4.41. The SMILES string of the molecule is CC(C)(C)C1CCc2c(sc3nc(-c4ccc(Cl)c(Cl)c4)[nH]c(=O)c23)C1. The molecule has 1 atom stereocenters. The zero-order valence-electron chi connectivity index (χ0n) is 15.0. The van der Waals surface area contributed by atoms with Crippen LogP contribution in [0, 0.1) is 11.3 Å². The topological polar surface area (TPSA) is 45.8 Å². The number of fused-ring (bicyclic) bond motifs is 3. The molecule has 0 amide bonds. The first-order valence-corrected chi connectivity index (χ1v) is 10.3. The van der Waals surface area contributed by atoms with Crippen LogP contribution in [0.3, 0.4) is 0 Å². The number of nitrogens with zero attached hydrogens (tertiary/aromatic N) is 1. The van der Waals surface area contributed by atoms with Crippen LogP contribution in [0.25, 0.3) is 21.6 Å². The summed E-state index contributed by atoms with van der Waals surface area (Å²) < 4.78 is 0. The molecule has 3 nitrogen and oxygen atoms in total. The second-order valence-electron chi connectivity index (χ2n) is 8.03. The molecular formula is C20H20Cl2N2OS. The third-order valence-corrected chi connectivity index (χ3v) is 7.22. The Balaban J connectivity index is 1.82. The fraction of sp³-hybridized carbons (Fsp3) is 0.400. The highest BCUT2D eigenvalue weighted by atomic mass is 35.5. The molecule has 136 valence electrons. The van der Waals surface area contributed by atoms with E-state index in [1.807, 2.05) is 6.07 Å². The van der Waals surface area contributed by atoms with Crippen LogP contribution in [0.4, 0.5) is 0 Å². The molecule has 3 aromatic rings. The summed E-state index contributed by atoms with van der Waals surface area (Å²) in [7, 11) is 0. The number of hydrogen-bond acceptors (Lipinski definition) is 3. The van der Waals surface area contributed by atoms with Gasteiger partial charge in [-0.25, -0.2) is 4.98 Å². The highest BCUT2D eigenvalue weighted by Crippen LogP contribution is 2.42. The van der Waals surface area contributed by atoms with Gasteiger partial charge in [-0.15, -0.1) is 11.3 Å². The van der Waals surface area contributed by atoms with Gasteiger partial charge in [-0.3, -0.25) is 4.79 Å². The average Bonchev–Trinajstić information content (AvgIpc) is 2.94. The number of H-pyrrole nitrogens is 1. The molecule has 1 aliphatic carbocycles. The normalized spacial score (nSPS) is 17.5. The van der Waals surface area contributed by atoms with Gasteiger partial charge in [-0.05, 0) is 54.4 Å². The van der Waals surface area contributed by atoms with Gasteiger partial charge in [0.05, 0.1) is 15.4 Å². The van der Waals surface area contributed by atoms with Crippen molar-refractivity contribution in [1.82, 2.24) is 9.97 Å². The van der Waals surface area contributed by atoms with E-state index >= 15 is 0 Å². The molecule has 1 unspecified atom stereocenters. The lowest BCUT2D eigenvalue weighted by Crippen LogP contribution is -2.26. The van der Waals surface area contributed by atoms with Crippen molar-refractivity contribution in [1.29, 1.82) is 0 Å². The Morgan fingerprint density at radius 1 is 1.23 bits per heavy atom. The number of rotatable bonds is 1. The maximum absolute atomic E-state index is 12.8. The van der Waals surface area contributed by atoms with E-state index in [1.165, 1.54) is 10.4 Å². The molecule has 0 aliphatic heterocycles. The van der Waals surface area contributed by atoms with Crippen LogP contribution in [0.2, 0.25) is 10.0 Å². The number of nitrogens with one attached hydrogen (secondary N) is 1. The third kappa shape index (κ3) is 3.08. The monoisotopic (exact) mass is 406 g/mol. The molecule has 4 rings (SSSR count). The van der Waals surface area contributed by atoms with Gasteiger partial charge in [0.25, 0.3) is 5.56 Å². The number of halogens is 2. The Morgan fingerprint density at radius 2 is 2.00 bits per heavy atom. The van der Waals surface area contributed by atoms with Crippen molar-refractivity contribution in [2.45, 2.75) is 40.0 Å². The molecule has 0 saturated heterocycles. The second-order valence-corrected chi connectivity index (χ2v) is 9.93. The van der Waals surface area contributed by atoms with Crippen molar-refractivity contribution in [2.24, 2.45) is 11.3 Å². The maximum atomic E-state index is 12.8. The molecule has 0 fully saturated rings. The summed E-state index contributed by atoms with van der Waals surface area (Å²) >= 11 is 13.8. The molecule has 6 heteroatoms. The molecule has 26 heavy (non-hydrogen) atoms. The summed E-state index contributed by atoms with van der Waals surface area (Å²) in [5, 5.41) is 1.70. The van der Waals surface area contributed by atoms with Gasteiger partial charge in [0, 0.05) is 10.4 Å². The van der Waals surface area contributed by atoms with Gasteiger partial charge in [0.1, 0.15) is 10.7 Å². The van der Waals surface area contributed by atoms with Crippen LogP contribution in [0.1, 0.15) is 37.6 Å². The van der Waals surface area contributed by atoms with Crippen molar-refractivity contribution < 1.29 is 0 Å². The summed E-state index contributed by atoms with van der Waals surface area (Å²) in [5.41, 5.74) is 2.17. The molecule has 0 bridgehead atoms. The van der Waals surface area contributed by atoms with Crippen molar-refractivity contribution >= 4 is 44.8 Å². The first kappa shape index (κ1) is 18.0. The van der Waals surface area contributed by atoms with Crippen molar-refractivity contribution in [2.75, 3.05) is 0 Å². The molecule has 0 spiro atoms. The quantitative estimate of drug-likeness (QED) is 0.529. The Hall–Kier alpha value is -1.36. The summed E-state index contributed by atoms with van der Waals surface area (Å²) in [6, 6.07) is 5.27. The van der Waals surface area contributed by atoms with Crippen LogP contribution in [-0.2, 0) is 12.8 Å². The lowest BCUT2D eigenvalue weighted by Gasteiger charge is -2.33. The van der Waals surface area contributed by atoms with E-state index in [-0.39, 0.29) is 11.0 Å². The first-order valence-electron chi connectivity index (χ1n) is 8.74. The fourth-order valence-electron chi connectivity index (χ4n) is 3.70. The van der Waals surface area contributed by atoms with Gasteiger partial charge in [0.2, 0.25) is 0 Å². The number of aromatic amines is 1. The van der Waals surface area contributed by atoms with Gasteiger partial charge in [0.15, 0.2) is 0 Å². The minimum Gasteiger partial charge on any atom is -0.306 e. The highest BCUT2D eigenvalue weighted by Gasteiger charge is 2.31. The van der Waals surface area contributed by atoms with Crippen LogP contribution < -0.4 is 5.56 Å². The largest absolute Gasteiger partial charge is 0.306 e. The molecular weight excluding hydrogens is 387 g/mol. The minimum atomic E-state index is -0.0669. The van der Waals surface area contributed by atoms with Crippen LogP contribution >= 0.6 is 34.5 Å². The van der Waals surface area contributed by atoms with Gasteiger partial charge in [-0.1, -0.05) is 44.0 Å². The lowest BCUT2D eigenvalue weighted by atomic mass is 9.72. The zero-order chi connectivity index (χ0) is 18.6. The third-order valence-electron chi connectivity index (χ3n) is 5.34. The van der Waals surface area contributed by atoms with Crippen molar-refractivity contribution in [3.63, 3.8) is 0 Å². The number of aryl methyl sites for hydroxylation is 1. The average molecular weight is 407 g/mol. The summed E-state index contributed by atoms with van der Waals surface area (Å²) in [4.78, 5) is 22.6. The molecule has 1 aliphatic rings. The van der Waals surface area contributed by atoms with Gasteiger partial charge in [-0.2, -0.15) is 0 Å². The van der Waals surface area contributed by atoms with E-state index in [9.17, 15) is 4.79 Å². The number of hydrogen-bond donors (Lipinski definition) is 1. The smallest absolute Gasteiger partial charge is 0.260 e. The Morgan fingerprint density at radius 3 is 2.69 bits per heavy atom. The van der Waals surface area contributed by atoms with Gasteiger partial charge < -0.3 is 4.98 Å². The molecule has 1 aromatic carbocycles. The van der Waals surface area contributed by atoms with Crippen LogP contribution in [0.15, 0.2) is 23.0 Å².